The van der Waals surface area contributed by atoms with Crippen LogP contribution in [0.25, 0.3) is 0 Å². The van der Waals surface area contributed by atoms with Crippen LogP contribution in [0.3, 0.4) is 0 Å². The summed E-state index contributed by atoms with van der Waals surface area (Å²) in [6, 6.07) is 3.97. The van der Waals surface area contributed by atoms with E-state index in [-0.39, 0.29) is 35.8 Å². The molecule has 0 bridgehead atoms. The third kappa shape index (κ3) is 3.99. The molecule has 0 aliphatic rings. The van der Waals surface area contributed by atoms with Crippen LogP contribution in [-0.4, -0.2) is 24.2 Å². The summed E-state index contributed by atoms with van der Waals surface area (Å²) in [5.74, 6) is -1.43. The molecule has 0 amide bonds. The van der Waals surface area contributed by atoms with Crippen molar-refractivity contribution in [2.24, 2.45) is 0 Å². The van der Waals surface area contributed by atoms with Gasteiger partial charge in [-0.05, 0) is 12.5 Å². The maximum atomic E-state index is 12.9. The van der Waals surface area contributed by atoms with Crippen LogP contribution in [-0.2, 0) is 16.0 Å². The molecule has 0 N–H and O–H groups in total. The number of carbonyl (C=O) groups excluding carboxylic acids is 2. The monoisotopic (exact) mass is 290 g/mol. The summed E-state index contributed by atoms with van der Waals surface area (Å²) in [6.45, 7) is 1.64. The van der Waals surface area contributed by atoms with Crippen LogP contribution in [0, 0.1) is 0 Å². The zero-order valence-corrected chi connectivity index (χ0v) is 11.0. The molecule has 0 heterocycles. The van der Waals surface area contributed by atoms with E-state index in [4.69, 9.17) is 16.3 Å². The predicted molar refractivity (Wildman–Crippen MR) is 66.8 cm³/mol. The third-order valence-electron chi connectivity index (χ3n) is 2.43. The second kappa shape index (κ2) is 7.19. The van der Waals surface area contributed by atoms with Crippen LogP contribution in [0.5, 0.6) is 0 Å². The van der Waals surface area contributed by atoms with Crippen LogP contribution >= 0.6 is 11.6 Å². The van der Waals surface area contributed by atoms with Gasteiger partial charge in [-0.1, -0.05) is 18.2 Å². The molecule has 1 aromatic carbocycles. The summed E-state index contributed by atoms with van der Waals surface area (Å²) >= 11 is 5.38. The highest BCUT2D eigenvalue weighted by molar-refractivity contribution is 6.27. The molecule has 19 heavy (non-hydrogen) atoms. The van der Waals surface area contributed by atoms with Gasteiger partial charge >= 0.3 is 5.97 Å². The fourth-order valence-electron chi connectivity index (χ4n) is 1.66. The van der Waals surface area contributed by atoms with Gasteiger partial charge in [0.05, 0.1) is 18.1 Å². The first-order chi connectivity index (χ1) is 9.01. The first-order valence-electron chi connectivity index (χ1n) is 5.66. The Bertz CT molecular complexity index is 475. The molecule has 104 valence electrons. The lowest BCUT2D eigenvalue weighted by molar-refractivity contribution is -0.116. The van der Waals surface area contributed by atoms with Gasteiger partial charge in [0.25, 0.3) is 6.43 Å². The van der Waals surface area contributed by atoms with E-state index in [0.29, 0.717) is 0 Å². The molecule has 0 saturated carbocycles. The zero-order chi connectivity index (χ0) is 14.4. The van der Waals surface area contributed by atoms with Gasteiger partial charge in [-0.15, -0.1) is 11.6 Å². The quantitative estimate of drug-likeness (QED) is 0.597. The van der Waals surface area contributed by atoms with Crippen molar-refractivity contribution in [3.05, 3.63) is 34.9 Å². The van der Waals surface area contributed by atoms with Crippen molar-refractivity contribution in [1.82, 2.24) is 0 Å². The second-order valence-electron chi connectivity index (χ2n) is 3.75. The Morgan fingerprint density at radius 1 is 1.37 bits per heavy atom. The Morgan fingerprint density at radius 3 is 2.58 bits per heavy atom. The molecular formula is C13H13ClF2O3. The van der Waals surface area contributed by atoms with Crippen molar-refractivity contribution in [1.29, 1.82) is 0 Å². The van der Waals surface area contributed by atoms with E-state index in [1.54, 1.807) is 6.92 Å². The largest absolute Gasteiger partial charge is 0.462 e. The Kier molecular flexibility index (Phi) is 5.89. The van der Waals surface area contributed by atoms with E-state index in [1.807, 2.05) is 0 Å². The SMILES string of the molecule is CCOC(=O)c1c(CC(=O)CCl)cccc1C(F)F. The molecule has 0 fully saturated rings. The zero-order valence-electron chi connectivity index (χ0n) is 10.3. The normalized spacial score (nSPS) is 10.6. The molecule has 0 radical (unpaired) electrons. The number of ether oxygens (including phenoxy) is 1. The van der Waals surface area contributed by atoms with E-state index in [0.717, 1.165) is 6.07 Å². The fourth-order valence-corrected chi connectivity index (χ4v) is 1.76. The molecule has 0 spiro atoms. The Balaban J connectivity index is 3.25. The molecule has 1 rings (SSSR count). The third-order valence-corrected chi connectivity index (χ3v) is 2.73. The number of alkyl halides is 3. The molecule has 0 aromatic heterocycles. The average Bonchev–Trinajstić information content (AvgIpc) is 2.38. The number of Topliss-reactive ketones (excluding diaryl/α,β-unsaturated/α-hetero) is 1. The lowest BCUT2D eigenvalue weighted by atomic mass is 9.97. The summed E-state index contributed by atoms with van der Waals surface area (Å²) in [7, 11) is 0. The van der Waals surface area contributed by atoms with E-state index in [1.165, 1.54) is 12.1 Å². The molecular weight excluding hydrogens is 278 g/mol. The maximum absolute atomic E-state index is 12.9. The van der Waals surface area contributed by atoms with Crippen LogP contribution in [0.1, 0.15) is 34.8 Å². The highest BCUT2D eigenvalue weighted by Gasteiger charge is 2.23. The molecule has 0 saturated heterocycles. The van der Waals surface area contributed by atoms with Gasteiger partial charge in [0.1, 0.15) is 0 Å². The van der Waals surface area contributed by atoms with Crippen LogP contribution < -0.4 is 0 Å². The van der Waals surface area contributed by atoms with Gasteiger partial charge in [-0.2, -0.15) is 0 Å². The maximum Gasteiger partial charge on any atom is 0.338 e. The smallest absolute Gasteiger partial charge is 0.338 e. The van der Waals surface area contributed by atoms with Crippen LogP contribution in [0.15, 0.2) is 18.2 Å². The fraction of sp³-hybridized carbons (Fsp3) is 0.385. The molecule has 1 aromatic rings. The topological polar surface area (TPSA) is 43.4 Å². The number of hydrogen-bond donors (Lipinski definition) is 0. The van der Waals surface area contributed by atoms with E-state index >= 15 is 0 Å². The van der Waals surface area contributed by atoms with Gasteiger partial charge < -0.3 is 4.74 Å². The number of benzene rings is 1. The minimum Gasteiger partial charge on any atom is -0.462 e. The van der Waals surface area contributed by atoms with E-state index in [9.17, 15) is 18.4 Å². The Morgan fingerprint density at radius 2 is 2.05 bits per heavy atom. The lowest BCUT2D eigenvalue weighted by Gasteiger charge is -2.12. The molecule has 0 aliphatic heterocycles. The molecule has 0 atom stereocenters. The summed E-state index contributed by atoms with van der Waals surface area (Å²) in [5.41, 5.74) is -0.460. The highest BCUT2D eigenvalue weighted by atomic mass is 35.5. The lowest BCUT2D eigenvalue weighted by Crippen LogP contribution is -2.15. The van der Waals surface area contributed by atoms with Crippen molar-refractivity contribution in [2.45, 2.75) is 19.8 Å². The van der Waals surface area contributed by atoms with E-state index < -0.39 is 18.0 Å². The first kappa shape index (κ1) is 15.6. The Labute approximate surface area is 114 Å². The van der Waals surface area contributed by atoms with Crippen molar-refractivity contribution >= 4 is 23.4 Å². The van der Waals surface area contributed by atoms with Gasteiger partial charge in [0.15, 0.2) is 5.78 Å². The second-order valence-corrected chi connectivity index (χ2v) is 4.02. The number of ketones is 1. The summed E-state index contributed by atoms with van der Waals surface area (Å²) in [6.07, 6.45) is -2.98. The Hall–Kier alpha value is -1.49. The number of rotatable bonds is 6. The summed E-state index contributed by atoms with van der Waals surface area (Å²) < 4.78 is 30.6. The molecule has 3 nitrogen and oxygen atoms in total. The summed E-state index contributed by atoms with van der Waals surface area (Å²) in [5, 5.41) is 0. The van der Waals surface area contributed by atoms with Crippen LogP contribution in [0.2, 0.25) is 0 Å². The minimum atomic E-state index is -2.81. The average molecular weight is 291 g/mol. The van der Waals surface area contributed by atoms with Crippen molar-refractivity contribution < 1.29 is 23.1 Å². The number of halogens is 3. The molecule has 6 heteroatoms. The molecule has 0 unspecified atom stereocenters. The van der Waals surface area contributed by atoms with E-state index in [2.05, 4.69) is 0 Å². The van der Waals surface area contributed by atoms with Crippen LogP contribution in [0.4, 0.5) is 8.78 Å². The number of hydrogen-bond acceptors (Lipinski definition) is 3. The van der Waals surface area contributed by atoms with Crippen molar-refractivity contribution in [2.75, 3.05) is 12.5 Å². The molecule has 0 aliphatic carbocycles. The first-order valence-corrected chi connectivity index (χ1v) is 6.19. The number of carbonyl (C=O) groups is 2. The number of esters is 1. The van der Waals surface area contributed by atoms with Crippen molar-refractivity contribution in [3.8, 4) is 0 Å². The van der Waals surface area contributed by atoms with Gasteiger partial charge in [0.2, 0.25) is 0 Å². The summed E-state index contributed by atoms with van der Waals surface area (Å²) in [4.78, 5) is 23.1. The predicted octanol–water partition coefficient (Wildman–Crippen LogP) is 3.15. The van der Waals surface area contributed by atoms with Crippen molar-refractivity contribution in [3.63, 3.8) is 0 Å². The van der Waals surface area contributed by atoms with Gasteiger partial charge in [-0.3, -0.25) is 4.79 Å². The van der Waals surface area contributed by atoms with Gasteiger partial charge in [0, 0.05) is 12.0 Å². The minimum absolute atomic E-state index is 0.0687. The highest BCUT2D eigenvalue weighted by Crippen LogP contribution is 2.26. The van der Waals surface area contributed by atoms with Gasteiger partial charge in [-0.25, -0.2) is 13.6 Å². The standard InChI is InChI=1S/C13H13ClF2O3/c1-2-19-13(18)11-8(6-9(17)7-14)4-3-5-10(11)12(15)16/h3-5,12H,2,6-7H2,1H3.